The lowest BCUT2D eigenvalue weighted by molar-refractivity contribution is -0.141. The van der Waals surface area contributed by atoms with Crippen LogP contribution in [0.1, 0.15) is 129 Å². The van der Waals surface area contributed by atoms with Crippen LogP contribution in [0.15, 0.2) is 43.2 Å². The van der Waals surface area contributed by atoms with E-state index in [4.69, 9.17) is 9.47 Å². The molecule has 6 nitrogen and oxygen atoms in total. The maximum absolute atomic E-state index is 11.3. The molecule has 0 aliphatic carbocycles. The first-order chi connectivity index (χ1) is 20.3. The highest BCUT2D eigenvalue weighted by Crippen LogP contribution is 2.41. The minimum atomic E-state index is -0.210. The van der Waals surface area contributed by atoms with Crippen LogP contribution >= 0.6 is 0 Å². The van der Waals surface area contributed by atoms with E-state index in [1.807, 2.05) is 24.3 Å². The van der Waals surface area contributed by atoms with E-state index in [0.29, 0.717) is 37.2 Å². The number of benzene rings is 2. The van der Waals surface area contributed by atoms with Crippen LogP contribution in [0.2, 0.25) is 0 Å². The number of esters is 2. The summed E-state index contributed by atoms with van der Waals surface area (Å²) in [5, 5.41) is 21.2. The van der Waals surface area contributed by atoms with Gasteiger partial charge in [-0.3, -0.25) is 9.59 Å². The summed E-state index contributed by atoms with van der Waals surface area (Å²) in [7, 11) is 2.81. The Morgan fingerprint density at radius 3 is 0.933 bits per heavy atom. The van der Waals surface area contributed by atoms with Crippen LogP contribution in [0.25, 0.3) is 0 Å². The Bertz CT molecular complexity index is 1150. The van der Waals surface area contributed by atoms with Crippen LogP contribution in [-0.2, 0) is 53.6 Å². The molecule has 2 aromatic carbocycles. The van der Waals surface area contributed by atoms with Crippen molar-refractivity contribution in [2.75, 3.05) is 14.2 Å². The van der Waals surface area contributed by atoms with Crippen LogP contribution in [0.4, 0.5) is 0 Å². The van der Waals surface area contributed by atoms with E-state index in [2.05, 4.69) is 102 Å². The molecule has 2 N–H and O–H groups in total. The zero-order valence-electron chi connectivity index (χ0n) is 30.6. The highest BCUT2D eigenvalue weighted by molar-refractivity contribution is 5.70. The monoisotopic (exact) mass is 624 g/mol. The van der Waals surface area contributed by atoms with Gasteiger partial charge >= 0.3 is 11.9 Å². The summed E-state index contributed by atoms with van der Waals surface area (Å²) in [4.78, 5) is 22.7. The molecule has 0 saturated carbocycles. The second kappa shape index (κ2) is 16.7. The van der Waals surface area contributed by atoms with Crippen molar-refractivity contribution in [3.63, 3.8) is 0 Å². The zero-order chi connectivity index (χ0) is 35.6. The Morgan fingerprint density at radius 1 is 0.578 bits per heavy atom. The largest absolute Gasteiger partial charge is 0.507 e. The van der Waals surface area contributed by atoms with Crippen LogP contribution in [-0.4, -0.2) is 36.4 Å². The van der Waals surface area contributed by atoms with Crippen LogP contribution in [0, 0.1) is 0 Å². The van der Waals surface area contributed by atoms with Crippen molar-refractivity contribution >= 4 is 11.9 Å². The fourth-order valence-corrected chi connectivity index (χ4v) is 4.66. The van der Waals surface area contributed by atoms with Gasteiger partial charge in [0, 0.05) is 12.8 Å². The normalized spacial score (nSPS) is 11.7. The molecule has 0 aliphatic rings. The average Bonchev–Trinajstić information content (AvgIpc) is 2.89. The third-order valence-corrected chi connectivity index (χ3v) is 7.26. The van der Waals surface area contributed by atoms with Gasteiger partial charge in [-0.05, 0) is 67.9 Å². The summed E-state index contributed by atoms with van der Waals surface area (Å²) in [6.45, 7) is 31.2. The van der Waals surface area contributed by atoms with E-state index >= 15 is 0 Å². The van der Waals surface area contributed by atoms with Gasteiger partial charge in [-0.1, -0.05) is 121 Å². The number of methoxy groups -OCH3 is 2. The molecule has 0 saturated heterocycles. The van der Waals surface area contributed by atoms with Crippen molar-refractivity contribution in [3.05, 3.63) is 76.5 Å². The molecule has 45 heavy (non-hydrogen) atoms. The minimum absolute atomic E-state index is 0.147. The number of hydrogen-bond acceptors (Lipinski definition) is 6. The first-order valence-electron chi connectivity index (χ1n) is 15.5. The summed E-state index contributed by atoms with van der Waals surface area (Å²) < 4.78 is 9.40. The molecule has 0 amide bonds. The smallest absolute Gasteiger partial charge is 0.305 e. The summed E-state index contributed by atoms with van der Waals surface area (Å²) in [5.41, 5.74) is 7.49. The molecule has 0 heterocycles. The molecule has 0 aromatic heterocycles. The van der Waals surface area contributed by atoms with Gasteiger partial charge in [0.2, 0.25) is 0 Å². The number of carbonyl (C=O) groups is 2. The van der Waals surface area contributed by atoms with Gasteiger partial charge in [-0.2, -0.15) is 0 Å². The maximum Gasteiger partial charge on any atom is 0.305 e. The number of aromatic hydroxyl groups is 2. The third-order valence-electron chi connectivity index (χ3n) is 7.26. The van der Waals surface area contributed by atoms with Gasteiger partial charge in [-0.15, -0.1) is 5.73 Å². The molecule has 6 heteroatoms. The lowest BCUT2D eigenvalue weighted by Crippen LogP contribution is -2.18. The van der Waals surface area contributed by atoms with E-state index in [1.165, 1.54) is 14.2 Å². The van der Waals surface area contributed by atoms with E-state index in [0.717, 1.165) is 33.4 Å². The van der Waals surface area contributed by atoms with Crippen molar-refractivity contribution in [2.24, 2.45) is 0 Å². The average molecular weight is 625 g/mol. The highest BCUT2D eigenvalue weighted by Gasteiger charge is 2.28. The fraction of sp³-hybridized carbons (Fsp3) is 0.564. The standard InChI is InChI=1S/2C18H28O3.C3H4/c2*1-17(2,3)13-10-12(8-9-15(19)21-7)11-14(16(13)20)18(4,5)6;1-3-2/h2*10-11,20H,8-9H2,1-7H3;1-2H2. The van der Waals surface area contributed by atoms with E-state index < -0.39 is 0 Å². The molecule has 2 aromatic rings. The van der Waals surface area contributed by atoms with Crippen molar-refractivity contribution in [1.29, 1.82) is 0 Å². The predicted molar refractivity (Wildman–Crippen MR) is 186 cm³/mol. The Morgan fingerprint density at radius 2 is 0.778 bits per heavy atom. The van der Waals surface area contributed by atoms with Crippen molar-refractivity contribution < 1.29 is 29.3 Å². The minimum Gasteiger partial charge on any atom is -0.507 e. The van der Waals surface area contributed by atoms with Gasteiger partial charge < -0.3 is 19.7 Å². The maximum atomic E-state index is 11.3. The summed E-state index contributed by atoms with van der Waals surface area (Å²) in [5.74, 6) is 0.323. The van der Waals surface area contributed by atoms with Gasteiger partial charge in [0.25, 0.3) is 0 Å². The van der Waals surface area contributed by atoms with Crippen LogP contribution in [0.3, 0.4) is 0 Å². The Hall–Kier alpha value is -3.50. The molecule has 0 atom stereocenters. The van der Waals surface area contributed by atoms with Crippen LogP contribution in [0.5, 0.6) is 11.5 Å². The number of ether oxygens (including phenoxy) is 2. The Labute approximate surface area is 273 Å². The van der Waals surface area contributed by atoms with Gasteiger partial charge in [0.15, 0.2) is 0 Å². The molecule has 0 aliphatic heterocycles. The Kier molecular flexibility index (Phi) is 15.4. The van der Waals surface area contributed by atoms with Crippen molar-refractivity contribution in [1.82, 2.24) is 0 Å². The molecule has 0 spiro atoms. The number of carbonyl (C=O) groups excluding carboxylic acids is 2. The number of rotatable bonds is 6. The van der Waals surface area contributed by atoms with Gasteiger partial charge in [-0.25, -0.2) is 0 Å². The van der Waals surface area contributed by atoms with Gasteiger partial charge in [0.1, 0.15) is 11.5 Å². The zero-order valence-corrected chi connectivity index (χ0v) is 30.6. The lowest BCUT2D eigenvalue weighted by atomic mass is 9.78. The number of phenols is 2. The molecular formula is C39H60O6. The first-order valence-corrected chi connectivity index (χ1v) is 15.5. The Balaban J connectivity index is 0.000000791. The number of aryl methyl sites for hydroxylation is 2. The third kappa shape index (κ3) is 13.6. The molecular weight excluding hydrogens is 564 g/mol. The lowest BCUT2D eigenvalue weighted by Gasteiger charge is -2.28. The van der Waals surface area contributed by atoms with E-state index in [9.17, 15) is 19.8 Å². The molecule has 252 valence electrons. The van der Waals surface area contributed by atoms with Gasteiger partial charge in [0.05, 0.1) is 14.2 Å². The second-order valence-corrected chi connectivity index (χ2v) is 15.5. The number of phenolic OH excluding ortho intramolecular Hbond substituents is 2. The second-order valence-electron chi connectivity index (χ2n) is 15.5. The predicted octanol–water partition coefficient (Wildman–Crippen LogP) is 9.14. The summed E-state index contributed by atoms with van der Waals surface area (Å²) in [6.07, 6.45) is 1.96. The van der Waals surface area contributed by atoms with Crippen molar-refractivity contribution in [3.8, 4) is 11.5 Å². The molecule has 2 rings (SSSR count). The first kappa shape index (κ1) is 41.5. The quantitative estimate of drug-likeness (QED) is 0.246. The highest BCUT2D eigenvalue weighted by atomic mass is 16.5. The molecule has 0 fully saturated rings. The SMILES string of the molecule is C=C=C.COC(=O)CCc1cc(C(C)(C)C)c(O)c(C(C)(C)C)c1.COC(=O)CCc1cc(C(C)(C)C)c(O)c(C(C)(C)C)c1. The van der Waals surface area contributed by atoms with E-state index in [-0.39, 0.29) is 33.6 Å². The number of hydrogen-bond donors (Lipinski definition) is 2. The molecule has 0 bridgehead atoms. The molecule has 0 unspecified atom stereocenters. The fourth-order valence-electron chi connectivity index (χ4n) is 4.66. The topological polar surface area (TPSA) is 93.1 Å². The summed E-state index contributed by atoms with van der Waals surface area (Å²) in [6, 6.07) is 8.03. The van der Waals surface area contributed by atoms with E-state index in [1.54, 1.807) is 0 Å². The van der Waals surface area contributed by atoms with Crippen molar-refractivity contribution in [2.45, 2.75) is 130 Å². The molecule has 0 radical (unpaired) electrons. The van der Waals surface area contributed by atoms with Crippen LogP contribution < -0.4 is 0 Å². The summed E-state index contributed by atoms with van der Waals surface area (Å²) >= 11 is 0.